The largest absolute Gasteiger partial charge is 0.372 e. The van der Waals surface area contributed by atoms with Crippen molar-refractivity contribution in [3.05, 3.63) is 0 Å². The minimum Gasteiger partial charge on any atom is -0.372 e. The first kappa shape index (κ1) is 12.5. The summed E-state index contributed by atoms with van der Waals surface area (Å²) in [6.45, 7) is 6.05. The summed E-state index contributed by atoms with van der Waals surface area (Å²) in [6.07, 6.45) is 1.53. The molecule has 0 spiro atoms. The van der Waals surface area contributed by atoms with Crippen LogP contribution in [0.2, 0.25) is 0 Å². The van der Waals surface area contributed by atoms with Gasteiger partial charge in [-0.2, -0.15) is 0 Å². The molecule has 1 amide bonds. The van der Waals surface area contributed by atoms with Crippen molar-refractivity contribution in [1.29, 1.82) is 0 Å². The topological polar surface area (TPSA) is 50.4 Å². The minimum absolute atomic E-state index is 0.0144. The Morgan fingerprint density at radius 3 is 2.93 bits per heavy atom. The molecule has 0 radical (unpaired) electrons. The maximum Gasteiger partial charge on any atom is 0.249 e. The Bertz CT molecular complexity index is 205. The average molecular weight is 214 g/mol. The normalized spacial score (nSPS) is 28.5. The Morgan fingerprint density at radius 1 is 1.67 bits per heavy atom. The van der Waals surface area contributed by atoms with E-state index < -0.39 is 0 Å². The van der Waals surface area contributed by atoms with Crippen LogP contribution in [0.1, 0.15) is 26.7 Å². The van der Waals surface area contributed by atoms with E-state index in [0.29, 0.717) is 5.92 Å². The molecule has 3 atom stereocenters. The molecule has 0 aromatic carbocycles. The highest BCUT2D eigenvalue weighted by molar-refractivity contribution is 5.81. The number of piperidine rings is 1. The Balaban J connectivity index is 2.41. The van der Waals surface area contributed by atoms with Crippen molar-refractivity contribution in [2.24, 2.45) is 5.92 Å². The van der Waals surface area contributed by atoms with Gasteiger partial charge >= 0.3 is 0 Å². The first-order chi connectivity index (χ1) is 7.19. The van der Waals surface area contributed by atoms with Crippen LogP contribution in [0.3, 0.4) is 0 Å². The van der Waals surface area contributed by atoms with Gasteiger partial charge in [-0.15, -0.1) is 0 Å². The lowest BCUT2D eigenvalue weighted by Crippen LogP contribution is -2.52. The van der Waals surface area contributed by atoms with Gasteiger partial charge in [0.05, 0.1) is 0 Å². The number of amides is 1. The van der Waals surface area contributed by atoms with E-state index >= 15 is 0 Å². The zero-order valence-corrected chi connectivity index (χ0v) is 9.88. The van der Waals surface area contributed by atoms with E-state index in [-0.39, 0.29) is 18.1 Å². The maximum atomic E-state index is 11.8. The molecular weight excluding hydrogens is 192 g/mol. The van der Waals surface area contributed by atoms with Crippen LogP contribution in [0.15, 0.2) is 0 Å². The average Bonchev–Trinajstić information content (AvgIpc) is 2.23. The third-order valence-corrected chi connectivity index (χ3v) is 3.10. The van der Waals surface area contributed by atoms with E-state index in [1.165, 1.54) is 0 Å². The second-order valence-electron chi connectivity index (χ2n) is 4.22. The molecule has 1 aliphatic heterocycles. The van der Waals surface area contributed by atoms with Gasteiger partial charge in [0.15, 0.2) is 0 Å². The van der Waals surface area contributed by atoms with Crippen molar-refractivity contribution >= 4 is 5.91 Å². The summed E-state index contributed by atoms with van der Waals surface area (Å²) in [5.41, 5.74) is 0. The minimum atomic E-state index is -0.306. The molecule has 2 N–H and O–H groups in total. The third kappa shape index (κ3) is 3.47. The van der Waals surface area contributed by atoms with E-state index in [0.717, 1.165) is 25.9 Å². The van der Waals surface area contributed by atoms with Crippen molar-refractivity contribution in [3.8, 4) is 0 Å². The molecule has 3 unspecified atom stereocenters. The second kappa shape index (κ2) is 6.08. The molecule has 15 heavy (non-hydrogen) atoms. The van der Waals surface area contributed by atoms with Crippen molar-refractivity contribution in [2.45, 2.75) is 38.8 Å². The van der Waals surface area contributed by atoms with Crippen LogP contribution >= 0.6 is 0 Å². The Morgan fingerprint density at radius 2 is 2.40 bits per heavy atom. The van der Waals surface area contributed by atoms with Crippen molar-refractivity contribution < 1.29 is 9.53 Å². The fourth-order valence-electron chi connectivity index (χ4n) is 1.92. The number of hydrogen-bond acceptors (Lipinski definition) is 3. The smallest absolute Gasteiger partial charge is 0.249 e. The highest BCUT2D eigenvalue weighted by atomic mass is 16.5. The fourth-order valence-corrected chi connectivity index (χ4v) is 1.92. The van der Waals surface area contributed by atoms with Gasteiger partial charge in [0, 0.05) is 19.7 Å². The van der Waals surface area contributed by atoms with E-state index in [9.17, 15) is 4.79 Å². The van der Waals surface area contributed by atoms with E-state index in [1.807, 2.05) is 6.92 Å². The molecule has 0 aromatic heterocycles. The quantitative estimate of drug-likeness (QED) is 0.717. The Kier molecular flexibility index (Phi) is 5.05. The van der Waals surface area contributed by atoms with Gasteiger partial charge in [0.1, 0.15) is 6.10 Å². The van der Waals surface area contributed by atoms with E-state index in [4.69, 9.17) is 4.74 Å². The molecule has 0 bridgehead atoms. The predicted molar refractivity (Wildman–Crippen MR) is 59.7 cm³/mol. The van der Waals surface area contributed by atoms with Crippen LogP contribution in [0.4, 0.5) is 0 Å². The van der Waals surface area contributed by atoms with E-state index in [2.05, 4.69) is 17.6 Å². The number of carbonyl (C=O) groups excluding carboxylic acids is 1. The fraction of sp³-hybridized carbons (Fsp3) is 0.909. The van der Waals surface area contributed by atoms with Crippen molar-refractivity contribution in [1.82, 2.24) is 10.6 Å². The first-order valence-electron chi connectivity index (χ1n) is 5.73. The number of nitrogens with one attached hydrogen (secondary N) is 2. The van der Waals surface area contributed by atoms with Crippen LogP contribution in [-0.4, -0.2) is 38.3 Å². The Labute approximate surface area is 91.8 Å². The van der Waals surface area contributed by atoms with Crippen LogP contribution < -0.4 is 10.6 Å². The molecule has 1 saturated heterocycles. The summed E-state index contributed by atoms with van der Waals surface area (Å²) in [5, 5.41) is 6.33. The van der Waals surface area contributed by atoms with Gasteiger partial charge in [-0.05, 0) is 25.3 Å². The molecular formula is C11H22N2O2. The van der Waals surface area contributed by atoms with Gasteiger partial charge in [0.2, 0.25) is 5.91 Å². The van der Waals surface area contributed by atoms with Gasteiger partial charge in [-0.3, -0.25) is 4.79 Å². The standard InChI is InChI=1S/C11H22N2O2/c1-4-10(15-3)11(14)13-9-7-12-6-5-8(9)2/h8-10,12H,4-7H2,1-3H3,(H,13,14). The zero-order valence-electron chi connectivity index (χ0n) is 9.88. The monoisotopic (exact) mass is 214 g/mol. The maximum absolute atomic E-state index is 11.8. The summed E-state index contributed by atoms with van der Waals surface area (Å²) in [5.74, 6) is 0.560. The first-order valence-corrected chi connectivity index (χ1v) is 5.73. The van der Waals surface area contributed by atoms with Gasteiger partial charge in [-0.25, -0.2) is 0 Å². The van der Waals surface area contributed by atoms with Crippen LogP contribution in [-0.2, 0) is 9.53 Å². The third-order valence-electron chi connectivity index (χ3n) is 3.10. The van der Waals surface area contributed by atoms with Crippen LogP contribution in [0, 0.1) is 5.92 Å². The highest BCUT2D eigenvalue weighted by Gasteiger charge is 2.25. The summed E-state index contributed by atoms with van der Waals surface area (Å²) in [7, 11) is 1.58. The predicted octanol–water partition coefficient (Wildman–Crippen LogP) is 0.526. The molecule has 4 heteroatoms. The lowest BCUT2D eigenvalue weighted by atomic mass is 9.94. The number of ether oxygens (including phenoxy) is 1. The van der Waals surface area contributed by atoms with Gasteiger partial charge in [-0.1, -0.05) is 13.8 Å². The molecule has 4 nitrogen and oxygen atoms in total. The van der Waals surface area contributed by atoms with Gasteiger partial charge < -0.3 is 15.4 Å². The lowest BCUT2D eigenvalue weighted by Gasteiger charge is -2.31. The molecule has 1 fully saturated rings. The SMILES string of the molecule is CCC(OC)C(=O)NC1CNCCC1C. The van der Waals surface area contributed by atoms with Crippen LogP contribution in [0.25, 0.3) is 0 Å². The number of rotatable bonds is 4. The van der Waals surface area contributed by atoms with Crippen molar-refractivity contribution in [3.63, 3.8) is 0 Å². The Hall–Kier alpha value is -0.610. The number of carbonyl (C=O) groups is 1. The van der Waals surface area contributed by atoms with Crippen LogP contribution in [0.5, 0.6) is 0 Å². The summed E-state index contributed by atoms with van der Waals surface area (Å²) >= 11 is 0. The molecule has 1 rings (SSSR count). The number of hydrogen-bond donors (Lipinski definition) is 2. The summed E-state index contributed by atoms with van der Waals surface area (Å²) < 4.78 is 5.11. The molecule has 0 aromatic rings. The van der Waals surface area contributed by atoms with Gasteiger partial charge in [0.25, 0.3) is 0 Å². The molecule has 1 heterocycles. The van der Waals surface area contributed by atoms with Crippen molar-refractivity contribution in [2.75, 3.05) is 20.2 Å². The number of methoxy groups -OCH3 is 1. The molecule has 1 aliphatic rings. The molecule has 88 valence electrons. The second-order valence-corrected chi connectivity index (χ2v) is 4.22. The summed E-state index contributed by atoms with van der Waals surface area (Å²) in [6, 6.07) is 0.246. The highest BCUT2D eigenvalue weighted by Crippen LogP contribution is 2.11. The van der Waals surface area contributed by atoms with E-state index in [1.54, 1.807) is 7.11 Å². The molecule has 0 aliphatic carbocycles. The molecule has 0 saturated carbocycles. The summed E-state index contributed by atoms with van der Waals surface area (Å²) in [4.78, 5) is 11.8. The lowest BCUT2D eigenvalue weighted by molar-refractivity contribution is -0.132. The zero-order chi connectivity index (χ0) is 11.3.